The molecule has 1 amide bonds. The zero-order chi connectivity index (χ0) is 14.1. The van der Waals surface area contributed by atoms with E-state index in [4.69, 9.17) is 11.6 Å². The van der Waals surface area contributed by atoms with Crippen LogP contribution in [-0.4, -0.2) is 19.2 Å². The van der Waals surface area contributed by atoms with Crippen molar-refractivity contribution in [3.63, 3.8) is 0 Å². The molecule has 0 atom stereocenters. The molecule has 1 aliphatic heterocycles. The fraction of sp³-hybridized carbons (Fsp3) is 0.0625. The van der Waals surface area contributed by atoms with E-state index in [9.17, 15) is 4.79 Å². The van der Waals surface area contributed by atoms with Gasteiger partial charge in [0, 0.05) is 52.6 Å². The first-order valence-corrected chi connectivity index (χ1v) is 7.16. The van der Waals surface area contributed by atoms with Crippen molar-refractivity contribution in [1.29, 1.82) is 0 Å². The van der Waals surface area contributed by atoms with Crippen LogP contribution in [0, 0.1) is 7.43 Å². The molecule has 1 radical (unpaired) electrons. The maximum atomic E-state index is 11.6. The van der Waals surface area contributed by atoms with Crippen molar-refractivity contribution in [2.45, 2.75) is 9.79 Å². The van der Waals surface area contributed by atoms with E-state index in [2.05, 4.69) is 10.3 Å². The minimum absolute atomic E-state index is 0. The van der Waals surface area contributed by atoms with Gasteiger partial charge in [-0.05, 0) is 30.3 Å². The zero-order valence-corrected chi connectivity index (χ0v) is 16.3. The molecule has 0 spiro atoms. The predicted octanol–water partition coefficient (Wildman–Crippen LogP) is 5.15. The van der Waals surface area contributed by atoms with E-state index in [-0.39, 0.29) is 33.8 Å². The van der Waals surface area contributed by atoms with E-state index in [1.807, 2.05) is 24.3 Å². The first-order chi connectivity index (χ1) is 9.67. The molecule has 22 heavy (non-hydrogen) atoms. The summed E-state index contributed by atoms with van der Waals surface area (Å²) in [5.41, 5.74) is 2.30. The van der Waals surface area contributed by atoms with Gasteiger partial charge in [-0.2, -0.15) is 0 Å². The van der Waals surface area contributed by atoms with E-state index in [1.165, 1.54) is 7.05 Å². The van der Waals surface area contributed by atoms with Gasteiger partial charge in [0.2, 0.25) is 0 Å². The molecule has 0 aromatic heterocycles. The summed E-state index contributed by atoms with van der Waals surface area (Å²) < 4.78 is 0. The summed E-state index contributed by atoms with van der Waals surface area (Å²) in [4.78, 5) is 18.2. The van der Waals surface area contributed by atoms with Crippen molar-refractivity contribution in [3.8, 4) is 0 Å². The summed E-state index contributed by atoms with van der Waals surface area (Å²) in [6, 6.07) is 11.2. The standard InChI is InChI=1S/C15H11ClN2OS.CH3.Re/c1-17-15(19)9-2-4-14-12(7-9)18-8-10-6-11(16)3-5-13(10)20-14;;/h2-8H,1H3,(H,17,19);1H3;/q;-1;/p-1. The number of amides is 1. The second-order valence-corrected chi connectivity index (χ2v) is 5.77. The molecule has 2 aromatic rings. The molecule has 0 fully saturated rings. The minimum atomic E-state index is -0.238. The molecule has 0 saturated carbocycles. The molecule has 3 nitrogen and oxygen atoms in total. The van der Waals surface area contributed by atoms with Crippen molar-refractivity contribution in [1.82, 2.24) is 0 Å². The van der Waals surface area contributed by atoms with Gasteiger partial charge >= 0.3 is 0 Å². The largest absolute Gasteiger partial charge is 0.652 e. The number of benzene rings is 2. The number of rotatable bonds is 1. The minimum Gasteiger partial charge on any atom is -0.652 e. The Hall–Kier alpha value is -1.12. The van der Waals surface area contributed by atoms with Crippen molar-refractivity contribution in [3.05, 3.63) is 65.3 Å². The van der Waals surface area contributed by atoms with Gasteiger partial charge in [-0.15, -0.1) is 7.05 Å². The zero-order valence-electron chi connectivity index (χ0n) is 12.0. The Balaban J connectivity index is 0.00000121. The van der Waals surface area contributed by atoms with E-state index in [0.717, 1.165) is 21.0 Å². The van der Waals surface area contributed by atoms with Crippen LogP contribution in [0.2, 0.25) is 5.02 Å². The second-order valence-electron chi connectivity index (χ2n) is 4.25. The monoisotopic (exact) mass is 503 g/mol. The van der Waals surface area contributed by atoms with Gasteiger partial charge in [0.25, 0.3) is 0 Å². The third-order valence-corrected chi connectivity index (χ3v) is 4.34. The number of aliphatic imine (C=N–C) groups is 1. The summed E-state index contributed by atoms with van der Waals surface area (Å²) >= 11 is 7.61. The van der Waals surface area contributed by atoms with Crippen LogP contribution in [0.3, 0.4) is 0 Å². The van der Waals surface area contributed by atoms with Crippen LogP contribution >= 0.6 is 23.4 Å². The topological polar surface area (TPSA) is 43.5 Å². The van der Waals surface area contributed by atoms with Crippen LogP contribution < -0.4 is 0 Å². The van der Waals surface area contributed by atoms with Gasteiger partial charge in [-0.1, -0.05) is 29.4 Å². The molecular formula is C16H13ClN2OReS-2. The summed E-state index contributed by atoms with van der Waals surface area (Å²) in [5, 5.41) is 4.35. The van der Waals surface area contributed by atoms with Crippen LogP contribution in [0.4, 0.5) is 5.69 Å². The van der Waals surface area contributed by atoms with E-state index in [1.54, 1.807) is 30.1 Å². The fourth-order valence-electron chi connectivity index (χ4n) is 1.94. The van der Waals surface area contributed by atoms with Gasteiger partial charge < -0.3 is 17.5 Å². The first-order valence-electron chi connectivity index (χ1n) is 5.97. The molecular weight excluding hydrogens is 490 g/mol. The third-order valence-electron chi connectivity index (χ3n) is 2.94. The maximum Gasteiger partial charge on any atom is 0.0819 e. The van der Waals surface area contributed by atoms with Crippen molar-refractivity contribution in [2.75, 3.05) is 7.05 Å². The fourth-order valence-corrected chi connectivity index (χ4v) is 3.07. The molecule has 0 N–H and O–H groups in total. The van der Waals surface area contributed by atoms with Crippen molar-refractivity contribution >= 4 is 41.2 Å². The van der Waals surface area contributed by atoms with Gasteiger partial charge in [0.05, 0.1) is 11.6 Å². The van der Waals surface area contributed by atoms with E-state index < -0.39 is 0 Å². The Bertz CT molecular complexity index is 734. The summed E-state index contributed by atoms with van der Waals surface area (Å²) in [7, 11) is 1.49. The molecule has 0 aliphatic carbocycles. The van der Waals surface area contributed by atoms with Gasteiger partial charge in [0.1, 0.15) is 0 Å². The molecule has 6 heteroatoms. The Kier molecular flexibility index (Phi) is 6.83. The SMILES string of the molecule is C[N-]C(=O)c1ccc2c(c1)N=Cc1cc(Cl)ccc1S2.[CH3-].[Re]. The first kappa shape index (κ1) is 18.9. The van der Waals surface area contributed by atoms with Gasteiger partial charge in [-0.3, -0.25) is 4.99 Å². The number of carbonyl (C=O) groups is 1. The molecule has 1 aliphatic rings. The maximum absolute atomic E-state index is 11.6. The molecule has 2 aromatic carbocycles. The number of halogens is 1. The van der Waals surface area contributed by atoms with Crippen LogP contribution in [-0.2, 0) is 20.4 Å². The molecule has 0 saturated heterocycles. The number of fused-ring (bicyclic) bond motifs is 2. The summed E-state index contributed by atoms with van der Waals surface area (Å²) in [5.74, 6) is -0.238. The van der Waals surface area contributed by atoms with Crippen LogP contribution in [0.15, 0.2) is 51.2 Å². The number of nitrogens with zero attached hydrogens (tertiary/aromatic N) is 2. The Morgan fingerprint density at radius 3 is 2.64 bits per heavy atom. The molecule has 0 unspecified atom stereocenters. The summed E-state index contributed by atoms with van der Waals surface area (Å²) in [6.45, 7) is 0. The van der Waals surface area contributed by atoms with Crippen LogP contribution in [0.25, 0.3) is 5.32 Å². The average molecular weight is 503 g/mol. The normalized spacial score (nSPS) is 11.2. The number of hydrogen-bond acceptors (Lipinski definition) is 3. The molecule has 0 bridgehead atoms. The molecule has 1 heterocycles. The van der Waals surface area contributed by atoms with Crippen LogP contribution in [0.5, 0.6) is 0 Å². The Morgan fingerprint density at radius 2 is 1.91 bits per heavy atom. The quantitative estimate of drug-likeness (QED) is 0.432. The van der Waals surface area contributed by atoms with E-state index >= 15 is 0 Å². The Morgan fingerprint density at radius 1 is 1.18 bits per heavy atom. The van der Waals surface area contributed by atoms with Gasteiger partial charge in [0.15, 0.2) is 0 Å². The van der Waals surface area contributed by atoms with Crippen LogP contribution in [0.1, 0.15) is 15.9 Å². The number of carbonyl (C=O) groups excluding carboxylic acids is 1. The third kappa shape index (κ3) is 3.80. The molecule has 3 rings (SSSR count). The van der Waals surface area contributed by atoms with Crippen molar-refractivity contribution in [2.24, 2.45) is 4.99 Å². The Labute approximate surface area is 153 Å². The van der Waals surface area contributed by atoms with Gasteiger partial charge in [-0.25, -0.2) is 0 Å². The predicted molar refractivity (Wildman–Crippen MR) is 89.3 cm³/mol. The average Bonchev–Trinajstić information content (AvgIpc) is 2.64. The second kappa shape index (κ2) is 7.94. The summed E-state index contributed by atoms with van der Waals surface area (Å²) in [6.07, 6.45) is 1.78. The smallest absolute Gasteiger partial charge is 0.0819 e. The van der Waals surface area contributed by atoms with E-state index in [0.29, 0.717) is 10.6 Å². The molecule has 115 valence electrons. The number of hydrogen-bond donors (Lipinski definition) is 0. The van der Waals surface area contributed by atoms with Crippen molar-refractivity contribution < 1.29 is 25.2 Å².